The van der Waals surface area contributed by atoms with E-state index in [-0.39, 0.29) is 23.8 Å². The van der Waals surface area contributed by atoms with Gasteiger partial charge in [0.05, 0.1) is 5.92 Å². The molecule has 0 radical (unpaired) electrons. The lowest BCUT2D eigenvalue weighted by atomic mass is 9.95. The van der Waals surface area contributed by atoms with Gasteiger partial charge in [-0.3, -0.25) is 9.59 Å². The molecule has 140 valence electrons. The van der Waals surface area contributed by atoms with Crippen molar-refractivity contribution in [3.63, 3.8) is 0 Å². The van der Waals surface area contributed by atoms with Crippen LogP contribution in [0.2, 0.25) is 0 Å². The molecule has 3 aliphatic heterocycles. The number of hydrogen-bond donors (Lipinski definition) is 0. The van der Waals surface area contributed by atoms with Crippen LogP contribution in [0.15, 0.2) is 18.2 Å². The first-order valence-electron chi connectivity index (χ1n) is 9.72. The van der Waals surface area contributed by atoms with E-state index in [1.807, 2.05) is 36.8 Å². The van der Waals surface area contributed by atoms with Crippen molar-refractivity contribution >= 4 is 11.8 Å². The van der Waals surface area contributed by atoms with Gasteiger partial charge in [-0.05, 0) is 69.2 Å². The number of amides is 2. The molecule has 4 aliphatic rings. The Morgan fingerprint density at radius 2 is 1.92 bits per heavy atom. The monoisotopic (exact) mass is 356 g/mol. The fourth-order valence-corrected chi connectivity index (χ4v) is 4.65. The summed E-state index contributed by atoms with van der Waals surface area (Å²) in [5.74, 6) is 0.834. The summed E-state index contributed by atoms with van der Waals surface area (Å²) in [5.41, 5.74) is 1.79. The van der Waals surface area contributed by atoms with Crippen LogP contribution in [0.3, 0.4) is 0 Å². The van der Waals surface area contributed by atoms with Gasteiger partial charge in [-0.25, -0.2) is 0 Å². The van der Waals surface area contributed by atoms with Crippen LogP contribution in [-0.2, 0) is 22.4 Å². The number of carbonyl (C=O) groups is 2. The van der Waals surface area contributed by atoms with E-state index in [1.165, 1.54) is 17.5 Å². The Balaban J connectivity index is 1.50. The molecule has 2 bridgehead atoms. The number of aryl methyl sites for hydroxylation is 2. The molecular formula is C21H28N2O3. The van der Waals surface area contributed by atoms with Crippen LogP contribution >= 0.6 is 0 Å². The van der Waals surface area contributed by atoms with Gasteiger partial charge in [-0.2, -0.15) is 0 Å². The summed E-state index contributed by atoms with van der Waals surface area (Å²) < 4.78 is 6.14. The van der Waals surface area contributed by atoms with Gasteiger partial charge in [-0.1, -0.05) is 6.07 Å². The first-order chi connectivity index (χ1) is 12.3. The predicted octanol–water partition coefficient (Wildman–Crippen LogP) is 2.41. The maximum atomic E-state index is 13.2. The van der Waals surface area contributed by atoms with Crippen molar-refractivity contribution in [3.05, 3.63) is 29.3 Å². The molecule has 0 unspecified atom stereocenters. The van der Waals surface area contributed by atoms with E-state index in [4.69, 9.17) is 4.74 Å². The minimum atomic E-state index is -0.946. The minimum absolute atomic E-state index is 0.0296. The summed E-state index contributed by atoms with van der Waals surface area (Å²) >= 11 is 0. The predicted molar refractivity (Wildman–Crippen MR) is 99.0 cm³/mol. The van der Waals surface area contributed by atoms with Gasteiger partial charge in [0.25, 0.3) is 5.91 Å². The van der Waals surface area contributed by atoms with Crippen molar-refractivity contribution in [1.82, 2.24) is 9.80 Å². The smallest absolute Gasteiger partial charge is 0.266 e. The highest BCUT2D eigenvalue weighted by molar-refractivity contribution is 5.87. The van der Waals surface area contributed by atoms with Gasteiger partial charge < -0.3 is 14.5 Å². The van der Waals surface area contributed by atoms with Crippen LogP contribution in [0.25, 0.3) is 0 Å². The SMILES string of the molecule is CN1C(=O)[C@H]2CC[C@@H]1CN(C(=O)C(C)(C)Oc1ccc3c(c1)CCC3)C2. The molecule has 5 nitrogen and oxygen atoms in total. The summed E-state index contributed by atoms with van der Waals surface area (Å²) in [7, 11) is 1.86. The molecular weight excluding hydrogens is 328 g/mol. The Kier molecular flexibility index (Phi) is 4.20. The standard InChI is InChI=1S/C21H28N2O3/c1-21(2,26-18-10-8-14-5-4-6-15(14)11-18)20(25)23-12-16-7-9-17(13-23)22(3)19(16)24/h8,10-11,16-17H,4-7,9,12-13H2,1-3H3/t16-,17+/m0/s1. The molecule has 1 aliphatic carbocycles. The van der Waals surface area contributed by atoms with Crippen LogP contribution < -0.4 is 4.74 Å². The highest BCUT2D eigenvalue weighted by Gasteiger charge is 2.43. The summed E-state index contributed by atoms with van der Waals surface area (Å²) in [5, 5.41) is 0. The largest absolute Gasteiger partial charge is 0.478 e. The average Bonchev–Trinajstić information content (AvgIpc) is 2.90. The lowest BCUT2D eigenvalue weighted by Gasteiger charge is -2.33. The second kappa shape index (κ2) is 6.29. The fourth-order valence-electron chi connectivity index (χ4n) is 4.65. The normalized spacial score (nSPS) is 25.3. The third-order valence-corrected chi connectivity index (χ3v) is 6.21. The lowest BCUT2D eigenvalue weighted by Crippen LogP contribution is -2.51. The summed E-state index contributed by atoms with van der Waals surface area (Å²) in [6.07, 6.45) is 5.27. The Hall–Kier alpha value is -2.04. The minimum Gasteiger partial charge on any atom is -0.478 e. The van der Waals surface area contributed by atoms with Crippen molar-refractivity contribution in [3.8, 4) is 5.75 Å². The zero-order valence-corrected chi connectivity index (χ0v) is 16.0. The number of carbonyl (C=O) groups excluding carboxylic acids is 2. The zero-order chi connectivity index (χ0) is 18.5. The molecule has 0 N–H and O–H groups in total. The molecule has 26 heavy (non-hydrogen) atoms. The molecule has 5 rings (SSSR count). The van der Waals surface area contributed by atoms with Crippen molar-refractivity contribution in [2.75, 3.05) is 20.1 Å². The molecule has 3 saturated heterocycles. The Morgan fingerprint density at radius 1 is 1.15 bits per heavy atom. The van der Waals surface area contributed by atoms with E-state index in [0.717, 1.165) is 31.4 Å². The quantitative estimate of drug-likeness (QED) is 0.836. The van der Waals surface area contributed by atoms with Crippen LogP contribution in [0.4, 0.5) is 0 Å². The number of ether oxygens (including phenoxy) is 1. The van der Waals surface area contributed by atoms with E-state index < -0.39 is 5.60 Å². The molecule has 3 fully saturated rings. The highest BCUT2D eigenvalue weighted by atomic mass is 16.5. The van der Waals surface area contributed by atoms with Crippen LogP contribution in [-0.4, -0.2) is 53.4 Å². The van der Waals surface area contributed by atoms with Gasteiger partial charge in [0.15, 0.2) is 5.60 Å². The number of benzene rings is 1. The zero-order valence-electron chi connectivity index (χ0n) is 16.0. The first-order valence-corrected chi connectivity index (χ1v) is 9.72. The fraction of sp³-hybridized carbons (Fsp3) is 0.619. The number of piperidine rings is 1. The topological polar surface area (TPSA) is 49.9 Å². The van der Waals surface area contributed by atoms with Crippen molar-refractivity contribution in [2.24, 2.45) is 5.92 Å². The van der Waals surface area contributed by atoms with E-state index in [2.05, 4.69) is 12.1 Å². The molecule has 0 spiro atoms. The van der Waals surface area contributed by atoms with E-state index in [0.29, 0.717) is 13.1 Å². The van der Waals surface area contributed by atoms with Crippen LogP contribution in [0.5, 0.6) is 5.75 Å². The Bertz CT molecular complexity index is 743. The molecule has 1 aromatic carbocycles. The highest BCUT2D eigenvalue weighted by Crippen LogP contribution is 2.31. The van der Waals surface area contributed by atoms with Crippen molar-refractivity contribution < 1.29 is 14.3 Å². The number of nitrogens with zero attached hydrogens (tertiary/aromatic N) is 2. The average molecular weight is 356 g/mol. The summed E-state index contributed by atoms with van der Waals surface area (Å²) in [6.45, 7) is 4.78. The first kappa shape index (κ1) is 17.4. The Morgan fingerprint density at radius 3 is 2.73 bits per heavy atom. The molecule has 0 saturated carbocycles. The third kappa shape index (κ3) is 2.97. The third-order valence-electron chi connectivity index (χ3n) is 6.21. The number of hydrogen-bond acceptors (Lipinski definition) is 3. The number of fused-ring (bicyclic) bond motifs is 5. The molecule has 2 amide bonds. The van der Waals surface area contributed by atoms with Gasteiger partial charge in [0, 0.05) is 26.2 Å². The van der Waals surface area contributed by atoms with Gasteiger partial charge >= 0.3 is 0 Å². The van der Waals surface area contributed by atoms with Crippen LogP contribution in [0, 0.1) is 5.92 Å². The molecule has 1 aromatic rings. The second-order valence-electron chi connectivity index (χ2n) is 8.48. The van der Waals surface area contributed by atoms with E-state index in [1.54, 1.807) is 0 Å². The maximum Gasteiger partial charge on any atom is 0.266 e. The molecule has 0 aromatic heterocycles. The molecule has 3 heterocycles. The van der Waals surface area contributed by atoms with Gasteiger partial charge in [0.1, 0.15) is 5.75 Å². The Labute approximate surface area is 155 Å². The van der Waals surface area contributed by atoms with Gasteiger partial charge in [0.2, 0.25) is 5.91 Å². The lowest BCUT2D eigenvalue weighted by molar-refractivity contribution is -0.145. The van der Waals surface area contributed by atoms with E-state index in [9.17, 15) is 9.59 Å². The van der Waals surface area contributed by atoms with Crippen LogP contribution in [0.1, 0.15) is 44.2 Å². The van der Waals surface area contributed by atoms with Crippen molar-refractivity contribution in [2.45, 2.75) is 57.6 Å². The molecule has 2 atom stereocenters. The summed E-state index contributed by atoms with van der Waals surface area (Å²) in [4.78, 5) is 29.3. The summed E-state index contributed by atoms with van der Waals surface area (Å²) in [6, 6.07) is 6.31. The van der Waals surface area contributed by atoms with E-state index >= 15 is 0 Å². The number of rotatable bonds is 3. The van der Waals surface area contributed by atoms with Crippen molar-refractivity contribution in [1.29, 1.82) is 0 Å². The number of likely N-dealkylation sites (N-methyl/N-ethyl adjacent to an activating group) is 1. The van der Waals surface area contributed by atoms with Gasteiger partial charge in [-0.15, -0.1) is 0 Å². The second-order valence-corrected chi connectivity index (χ2v) is 8.48. The molecule has 5 heteroatoms. The maximum absolute atomic E-state index is 13.2.